The van der Waals surface area contributed by atoms with Crippen molar-refractivity contribution < 1.29 is 5.11 Å². The molecule has 0 radical (unpaired) electrons. The summed E-state index contributed by atoms with van der Waals surface area (Å²) in [5, 5.41) is 11.2. The molecular weight excluding hydrogens is 160 g/mol. The highest BCUT2D eigenvalue weighted by Gasteiger charge is 2.01. The second kappa shape index (κ2) is 2.84. The maximum Gasteiger partial charge on any atom is 0.123 e. The van der Waals surface area contributed by atoms with E-state index in [-0.39, 0.29) is 5.75 Å². The van der Waals surface area contributed by atoms with Gasteiger partial charge in [-0.1, -0.05) is 30.2 Å². The molecule has 0 bridgehead atoms. The maximum atomic E-state index is 9.52. The van der Waals surface area contributed by atoms with Gasteiger partial charge in [-0.2, -0.15) is 0 Å². The van der Waals surface area contributed by atoms with Crippen molar-refractivity contribution in [3.8, 4) is 18.1 Å². The molecule has 0 unspecified atom stereocenters. The Labute approximate surface area is 76.6 Å². The van der Waals surface area contributed by atoms with E-state index in [1.54, 1.807) is 12.1 Å². The third kappa shape index (κ3) is 1.13. The molecular formula is C12H8O. The largest absolute Gasteiger partial charge is 0.507 e. The molecule has 1 N–H and O–H groups in total. The first-order valence-electron chi connectivity index (χ1n) is 4.00. The molecule has 0 heterocycles. The smallest absolute Gasteiger partial charge is 0.123 e. The number of hydrogen-bond acceptors (Lipinski definition) is 1. The fourth-order valence-corrected chi connectivity index (χ4v) is 1.41. The molecule has 2 rings (SSSR count). The Hall–Kier alpha value is -1.94. The number of rotatable bonds is 0. The normalized spacial score (nSPS) is 9.77. The molecule has 0 fully saturated rings. The Balaban J connectivity index is 2.95. The van der Waals surface area contributed by atoms with Crippen LogP contribution in [0.25, 0.3) is 10.8 Å². The lowest BCUT2D eigenvalue weighted by Crippen LogP contribution is -1.79. The second-order valence-corrected chi connectivity index (χ2v) is 2.82. The van der Waals surface area contributed by atoms with E-state index >= 15 is 0 Å². The molecule has 2 aromatic carbocycles. The van der Waals surface area contributed by atoms with Crippen molar-refractivity contribution in [2.75, 3.05) is 0 Å². The molecule has 0 aliphatic carbocycles. The number of phenolic OH excluding ortho intramolecular Hbond substituents is 1. The number of phenols is 1. The van der Waals surface area contributed by atoms with Crippen LogP contribution in [0.5, 0.6) is 5.75 Å². The molecule has 0 aliphatic rings. The topological polar surface area (TPSA) is 20.2 Å². The molecule has 0 amide bonds. The fraction of sp³-hybridized carbons (Fsp3) is 0. The van der Waals surface area contributed by atoms with Crippen LogP contribution in [0.3, 0.4) is 0 Å². The Bertz CT molecular complexity index is 492. The summed E-state index contributed by atoms with van der Waals surface area (Å²) in [6, 6.07) is 10.9. The zero-order valence-electron chi connectivity index (χ0n) is 6.99. The molecule has 0 aromatic heterocycles. The van der Waals surface area contributed by atoms with Crippen molar-refractivity contribution in [3.63, 3.8) is 0 Å². The summed E-state index contributed by atoms with van der Waals surface area (Å²) in [7, 11) is 0. The highest BCUT2D eigenvalue weighted by atomic mass is 16.3. The quantitative estimate of drug-likeness (QED) is 0.599. The molecule has 0 atom stereocenters. The van der Waals surface area contributed by atoms with Gasteiger partial charge in [0.2, 0.25) is 0 Å². The van der Waals surface area contributed by atoms with Crippen LogP contribution >= 0.6 is 0 Å². The van der Waals surface area contributed by atoms with Gasteiger partial charge < -0.3 is 5.11 Å². The van der Waals surface area contributed by atoms with Crippen molar-refractivity contribution in [1.29, 1.82) is 0 Å². The van der Waals surface area contributed by atoms with Gasteiger partial charge >= 0.3 is 0 Å². The number of fused-ring (bicyclic) bond motifs is 1. The third-order valence-corrected chi connectivity index (χ3v) is 2.06. The summed E-state index contributed by atoms with van der Waals surface area (Å²) in [4.78, 5) is 0. The van der Waals surface area contributed by atoms with E-state index in [1.807, 2.05) is 24.3 Å². The van der Waals surface area contributed by atoms with Crippen LogP contribution in [-0.4, -0.2) is 5.11 Å². The Morgan fingerprint density at radius 2 is 1.69 bits per heavy atom. The van der Waals surface area contributed by atoms with E-state index < -0.39 is 0 Å². The van der Waals surface area contributed by atoms with Gasteiger partial charge in [-0.15, -0.1) is 6.42 Å². The maximum absolute atomic E-state index is 9.52. The first-order chi connectivity index (χ1) is 6.33. The van der Waals surface area contributed by atoms with Gasteiger partial charge in [-0.25, -0.2) is 0 Å². The molecule has 0 spiro atoms. The van der Waals surface area contributed by atoms with Crippen molar-refractivity contribution in [2.24, 2.45) is 0 Å². The van der Waals surface area contributed by atoms with Crippen LogP contribution in [0.2, 0.25) is 0 Å². The molecule has 62 valence electrons. The molecule has 13 heavy (non-hydrogen) atoms. The zero-order valence-corrected chi connectivity index (χ0v) is 6.99. The van der Waals surface area contributed by atoms with E-state index in [0.717, 1.165) is 16.3 Å². The van der Waals surface area contributed by atoms with Gasteiger partial charge in [0.25, 0.3) is 0 Å². The highest BCUT2D eigenvalue weighted by molar-refractivity contribution is 5.92. The summed E-state index contributed by atoms with van der Waals surface area (Å²) in [6.07, 6.45) is 5.33. The van der Waals surface area contributed by atoms with Gasteiger partial charge in [0.05, 0.1) is 0 Å². The van der Waals surface area contributed by atoms with Crippen LogP contribution in [0, 0.1) is 12.3 Å². The van der Waals surface area contributed by atoms with E-state index in [1.165, 1.54) is 0 Å². The predicted molar refractivity (Wildman–Crippen MR) is 53.5 cm³/mol. The number of terminal acetylenes is 1. The van der Waals surface area contributed by atoms with E-state index in [2.05, 4.69) is 5.92 Å². The van der Waals surface area contributed by atoms with Gasteiger partial charge in [0.1, 0.15) is 5.75 Å². The van der Waals surface area contributed by atoms with E-state index in [0.29, 0.717) is 0 Å². The summed E-state index contributed by atoms with van der Waals surface area (Å²) in [5.74, 6) is 2.86. The van der Waals surface area contributed by atoms with Crippen LogP contribution in [0.4, 0.5) is 0 Å². The molecule has 2 aromatic rings. The first-order valence-corrected chi connectivity index (χ1v) is 4.00. The highest BCUT2D eigenvalue weighted by Crippen LogP contribution is 2.26. The van der Waals surface area contributed by atoms with Crippen molar-refractivity contribution >= 4 is 10.8 Å². The molecule has 1 nitrogen and oxygen atoms in total. The number of aromatic hydroxyl groups is 1. The standard InChI is InChI=1S/C12H8O/c1-2-9-7-8-12(13)11-6-4-3-5-10(9)11/h1,3-8,13H. The summed E-state index contributed by atoms with van der Waals surface area (Å²) >= 11 is 0. The Kier molecular flexibility index (Phi) is 1.68. The summed E-state index contributed by atoms with van der Waals surface area (Å²) in [5.41, 5.74) is 0.813. The van der Waals surface area contributed by atoms with Gasteiger partial charge in [0, 0.05) is 16.3 Å². The SMILES string of the molecule is C#Cc1ccc(O)c2ccccc12. The minimum Gasteiger partial charge on any atom is -0.507 e. The van der Waals surface area contributed by atoms with Gasteiger partial charge in [0.15, 0.2) is 0 Å². The number of benzene rings is 2. The lowest BCUT2D eigenvalue weighted by atomic mass is 10.0. The lowest BCUT2D eigenvalue weighted by molar-refractivity contribution is 0.481. The fourth-order valence-electron chi connectivity index (χ4n) is 1.41. The monoisotopic (exact) mass is 168 g/mol. The summed E-state index contributed by atoms with van der Waals surface area (Å²) < 4.78 is 0. The van der Waals surface area contributed by atoms with E-state index in [9.17, 15) is 5.11 Å². The first kappa shape index (κ1) is 7.70. The lowest BCUT2D eigenvalue weighted by Gasteiger charge is -2.02. The average molecular weight is 168 g/mol. The van der Waals surface area contributed by atoms with E-state index in [4.69, 9.17) is 6.42 Å². The van der Waals surface area contributed by atoms with Crippen molar-refractivity contribution in [1.82, 2.24) is 0 Å². The summed E-state index contributed by atoms with van der Waals surface area (Å²) in [6.45, 7) is 0. The zero-order chi connectivity index (χ0) is 9.26. The molecule has 0 saturated carbocycles. The Morgan fingerprint density at radius 3 is 2.38 bits per heavy atom. The minimum atomic E-state index is 0.273. The molecule has 0 aliphatic heterocycles. The second-order valence-electron chi connectivity index (χ2n) is 2.82. The molecule has 1 heteroatoms. The van der Waals surface area contributed by atoms with Gasteiger partial charge in [-0.05, 0) is 12.1 Å². The van der Waals surface area contributed by atoms with Crippen LogP contribution < -0.4 is 0 Å². The van der Waals surface area contributed by atoms with Crippen molar-refractivity contribution in [3.05, 3.63) is 42.0 Å². The Morgan fingerprint density at radius 1 is 1.00 bits per heavy atom. The number of hydrogen-bond donors (Lipinski definition) is 1. The minimum absolute atomic E-state index is 0.273. The average Bonchev–Trinajstić information content (AvgIpc) is 2.19. The third-order valence-electron chi connectivity index (χ3n) is 2.06. The van der Waals surface area contributed by atoms with Crippen LogP contribution in [0.15, 0.2) is 36.4 Å². The van der Waals surface area contributed by atoms with Gasteiger partial charge in [-0.3, -0.25) is 0 Å². The van der Waals surface area contributed by atoms with Crippen LogP contribution in [0.1, 0.15) is 5.56 Å². The predicted octanol–water partition coefficient (Wildman–Crippen LogP) is 2.53. The van der Waals surface area contributed by atoms with Crippen molar-refractivity contribution in [2.45, 2.75) is 0 Å². The van der Waals surface area contributed by atoms with Crippen LogP contribution in [-0.2, 0) is 0 Å². The molecule has 0 saturated heterocycles.